The molecule has 0 saturated heterocycles. The van der Waals surface area contributed by atoms with Crippen LogP contribution in [-0.2, 0) is 11.2 Å². The van der Waals surface area contributed by atoms with Gasteiger partial charge in [0, 0.05) is 6.54 Å². The van der Waals surface area contributed by atoms with E-state index < -0.39 is 11.6 Å². The summed E-state index contributed by atoms with van der Waals surface area (Å²) < 4.78 is 25.8. The zero-order valence-electron chi connectivity index (χ0n) is 11.4. The molecule has 0 heterocycles. The van der Waals surface area contributed by atoms with Crippen LogP contribution in [0.2, 0.25) is 0 Å². The average Bonchev–Trinajstić information content (AvgIpc) is 2.88. The Morgan fingerprint density at radius 2 is 2.00 bits per heavy atom. The molecule has 1 fully saturated rings. The van der Waals surface area contributed by atoms with Crippen molar-refractivity contribution in [3.8, 4) is 0 Å². The molecule has 2 rings (SSSR count). The van der Waals surface area contributed by atoms with Crippen molar-refractivity contribution in [2.75, 3.05) is 13.1 Å². The maximum absolute atomic E-state index is 13.0. The van der Waals surface area contributed by atoms with E-state index in [0.29, 0.717) is 30.5 Å². The van der Waals surface area contributed by atoms with Gasteiger partial charge in [-0.05, 0) is 48.9 Å². The quantitative estimate of drug-likeness (QED) is 0.868. The van der Waals surface area contributed by atoms with Gasteiger partial charge >= 0.3 is 0 Å². The zero-order chi connectivity index (χ0) is 14.5. The van der Waals surface area contributed by atoms with E-state index in [-0.39, 0.29) is 12.3 Å². The van der Waals surface area contributed by atoms with Crippen LogP contribution in [0.15, 0.2) is 18.2 Å². The third kappa shape index (κ3) is 3.76. The summed E-state index contributed by atoms with van der Waals surface area (Å²) in [6.45, 7) is 1.27. The number of nitrogens with one attached hydrogen (secondary N) is 1. The van der Waals surface area contributed by atoms with Crippen LogP contribution in [0.25, 0.3) is 0 Å². The molecule has 110 valence electrons. The van der Waals surface area contributed by atoms with Crippen molar-refractivity contribution < 1.29 is 13.6 Å². The van der Waals surface area contributed by atoms with Crippen molar-refractivity contribution in [3.63, 3.8) is 0 Å². The highest BCUT2D eigenvalue weighted by Gasteiger charge is 2.26. The van der Waals surface area contributed by atoms with Crippen LogP contribution in [-0.4, -0.2) is 19.0 Å². The molecule has 2 unspecified atom stereocenters. The fourth-order valence-electron chi connectivity index (χ4n) is 2.84. The van der Waals surface area contributed by atoms with Gasteiger partial charge in [0.25, 0.3) is 0 Å². The molecule has 1 aliphatic carbocycles. The summed E-state index contributed by atoms with van der Waals surface area (Å²) in [5.41, 5.74) is 6.17. The van der Waals surface area contributed by atoms with Gasteiger partial charge in [-0.25, -0.2) is 8.78 Å². The first kappa shape index (κ1) is 14.9. The number of nitrogens with two attached hydrogens (primary N) is 1. The van der Waals surface area contributed by atoms with Crippen molar-refractivity contribution in [1.29, 1.82) is 0 Å². The minimum Gasteiger partial charge on any atom is -0.356 e. The van der Waals surface area contributed by atoms with E-state index in [0.717, 1.165) is 31.4 Å². The van der Waals surface area contributed by atoms with E-state index in [2.05, 4.69) is 5.32 Å². The summed E-state index contributed by atoms with van der Waals surface area (Å²) in [5.74, 6) is -1.06. The van der Waals surface area contributed by atoms with Crippen LogP contribution in [0.1, 0.15) is 24.8 Å². The second-order valence-corrected chi connectivity index (χ2v) is 5.42. The number of halogens is 2. The lowest BCUT2D eigenvalue weighted by Crippen LogP contribution is -2.33. The molecule has 1 amide bonds. The van der Waals surface area contributed by atoms with E-state index in [4.69, 9.17) is 5.73 Å². The lowest BCUT2D eigenvalue weighted by molar-refractivity contribution is -0.120. The maximum atomic E-state index is 13.0. The van der Waals surface area contributed by atoms with Gasteiger partial charge < -0.3 is 11.1 Å². The van der Waals surface area contributed by atoms with Gasteiger partial charge in [-0.2, -0.15) is 0 Å². The molecule has 0 bridgehead atoms. The number of hydrogen-bond acceptors (Lipinski definition) is 2. The van der Waals surface area contributed by atoms with Crippen LogP contribution >= 0.6 is 0 Å². The number of hydrogen-bond donors (Lipinski definition) is 2. The first-order chi connectivity index (χ1) is 9.60. The molecule has 20 heavy (non-hydrogen) atoms. The van der Waals surface area contributed by atoms with E-state index >= 15 is 0 Å². The molecule has 0 radical (unpaired) electrons. The van der Waals surface area contributed by atoms with E-state index in [9.17, 15) is 13.6 Å². The molecule has 3 N–H and O–H groups in total. The van der Waals surface area contributed by atoms with E-state index in [1.807, 2.05) is 0 Å². The zero-order valence-corrected chi connectivity index (χ0v) is 11.4. The molecule has 1 aromatic carbocycles. The number of carbonyl (C=O) groups excluding carboxylic acids is 1. The third-order valence-corrected chi connectivity index (χ3v) is 4.03. The lowest BCUT2D eigenvalue weighted by atomic mass is 9.96. The van der Waals surface area contributed by atoms with Crippen molar-refractivity contribution >= 4 is 5.91 Å². The summed E-state index contributed by atoms with van der Waals surface area (Å²) in [6, 6.07) is 3.53. The van der Waals surface area contributed by atoms with E-state index in [1.54, 1.807) is 0 Å². The Balaban J connectivity index is 1.81. The Morgan fingerprint density at radius 1 is 1.25 bits per heavy atom. The topological polar surface area (TPSA) is 55.1 Å². The first-order valence-corrected chi connectivity index (χ1v) is 7.01. The van der Waals surface area contributed by atoms with Crippen LogP contribution in [0.5, 0.6) is 0 Å². The monoisotopic (exact) mass is 282 g/mol. The average molecular weight is 282 g/mol. The highest BCUT2D eigenvalue weighted by Crippen LogP contribution is 2.30. The Morgan fingerprint density at radius 3 is 2.70 bits per heavy atom. The number of carbonyl (C=O) groups is 1. The molecule has 1 aliphatic rings. The van der Waals surface area contributed by atoms with Gasteiger partial charge in [0.05, 0.1) is 6.42 Å². The molecular weight excluding hydrogens is 262 g/mol. The number of benzene rings is 1. The van der Waals surface area contributed by atoms with Gasteiger partial charge in [-0.3, -0.25) is 4.79 Å². The molecular formula is C15H20F2N2O. The molecule has 0 spiro atoms. The smallest absolute Gasteiger partial charge is 0.224 e. The molecule has 0 aliphatic heterocycles. The molecule has 1 aromatic rings. The van der Waals surface area contributed by atoms with Crippen molar-refractivity contribution in [2.45, 2.75) is 25.7 Å². The van der Waals surface area contributed by atoms with Gasteiger partial charge in [-0.15, -0.1) is 0 Å². The Labute approximate surface area is 117 Å². The van der Waals surface area contributed by atoms with Gasteiger partial charge in [-0.1, -0.05) is 12.5 Å². The predicted octanol–water partition coefficient (Wildman–Crippen LogP) is 2.00. The third-order valence-electron chi connectivity index (χ3n) is 4.03. The van der Waals surface area contributed by atoms with Gasteiger partial charge in [0.1, 0.15) is 0 Å². The van der Waals surface area contributed by atoms with Crippen LogP contribution in [0.3, 0.4) is 0 Å². The minimum absolute atomic E-state index is 0.0667. The van der Waals surface area contributed by atoms with Gasteiger partial charge in [0.2, 0.25) is 5.91 Å². The molecule has 3 nitrogen and oxygen atoms in total. The van der Waals surface area contributed by atoms with Crippen molar-refractivity contribution in [1.82, 2.24) is 5.32 Å². The highest BCUT2D eigenvalue weighted by atomic mass is 19.2. The van der Waals surface area contributed by atoms with Crippen LogP contribution < -0.4 is 11.1 Å². The Bertz CT molecular complexity index is 479. The summed E-state index contributed by atoms with van der Waals surface area (Å²) in [5, 5.41) is 2.86. The van der Waals surface area contributed by atoms with Crippen LogP contribution in [0.4, 0.5) is 8.78 Å². The summed E-state index contributed by atoms with van der Waals surface area (Å²) in [6.07, 6.45) is 3.44. The second kappa shape index (κ2) is 6.79. The minimum atomic E-state index is -0.922. The van der Waals surface area contributed by atoms with E-state index in [1.165, 1.54) is 6.07 Å². The van der Waals surface area contributed by atoms with Crippen molar-refractivity contribution in [2.24, 2.45) is 17.6 Å². The first-order valence-electron chi connectivity index (χ1n) is 7.01. The normalized spacial score (nSPS) is 21.9. The maximum Gasteiger partial charge on any atom is 0.224 e. The number of amides is 1. The molecule has 0 aromatic heterocycles. The largest absolute Gasteiger partial charge is 0.356 e. The summed E-state index contributed by atoms with van der Waals surface area (Å²) in [4.78, 5) is 11.8. The Hall–Kier alpha value is -1.49. The molecule has 5 heteroatoms. The number of rotatable bonds is 5. The summed E-state index contributed by atoms with van der Waals surface area (Å²) in [7, 11) is 0. The SMILES string of the molecule is NCC1CCCC1CNC(=O)Cc1ccc(F)c(F)c1. The predicted molar refractivity (Wildman–Crippen MR) is 73.0 cm³/mol. The fraction of sp³-hybridized carbons (Fsp3) is 0.533. The summed E-state index contributed by atoms with van der Waals surface area (Å²) >= 11 is 0. The van der Waals surface area contributed by atoms with Crippen LogP contribution in [0, 0.1) is 23.5 Å². The molecule has 2 atom stereocenters. The Kier molecular flexibility index (Phi) is 5.06. The fourth-order valence-corrected chi connectivity index (χ4v) is 2.84. The standard InChI is InChI=1S/C15H20F2N2O/c16-13-5-4-10(6-14(13)17)7-15(20)19-9-12-3-1-2-11(12)8-18/h4-6,11-12H,1-3,7-9,18H2,(H,19,20). The van der Waals surface area contributed by atoms with Gasteiger partial charge in [0.15, 0.2) is 11.6 Å². The highest BCUT2D eigenvalue weighted by molar-refractivity contribution is 5.78. The molecule has 1 saturated carbocycles. The van der Waals surface area contributed by atoms with Crippen molar-refractivity contribution in [3.05, 3.63) is 35.4 Å². The second-order valence-electron chi connectivity index (χ2n) is 5.42. The lowest BCUT2D eigenvalue weighted by Gasteiger charge is -2.18.